The summed E-state index contributed by atoms with van der Waals surface area (Å²) in [6.45, 7) is 3.76. The number of hydrogen-bond acceptors (Lipinski definition) is 4. The molecule has 2 aromatic heterocycles. The van der Waals surface area contributed by atoms with Gasteiger partial charge in [-0.2, -0.15) is 0 Å². The molecule has 4 nitrogen and oxygen atoms in total. The van der Waals surface area contributed by atoms with Gasteiger partial charge in [-0.3, -0.25) is 4.98 Å². The van der Waals surface area contributed by atoms with Gasteiger partial charge < -0.3 is 9.73 Å². The molecule has 16 heavy (non-hydrogen) atoms. The van der Waals surface area contributed by atoms with Crippen molar-refractivity contribution in [2.75, 3.05) is 6.54 Å². The number of oxazole rings is 1. The van der Waals surface area contributed by atoms with Crippen molar-refractivity contribution in [1.29, 1.82) is 0 Å². The minimum Gasteiger partial charge on any atom is -0.438 e. The lowest BCUT2D eigenvalue weighted by Gasteiger charge is -2.07. The van der Waals surface area contributed by atoms with Gasteiger partial charge in [0.2, 0.25) is 5.89 Å². The van der Waals surface area contributed by atoms with Crippen LogP contribution >= 0.6 is 0 Å². The lowest BCUT2D eigenvalue weighted by molar-refractivity contribution is 0.470. The predicted molar refractivity (Wildman–Crippen MR) is 59.9 cm³/mol. The number of nitrogens with one attached hydrogen (secondary N) is 1. The molecular weight excluding hydrogens is 202 g/mol. The van der Waals surface area contributed by atoms with E-state index in [0.29, 0.717) is 5.89 Å². The van der Waals surface area contributed by atoms with Crippen LogP contribution in [0.2, 0.25) is 0 Å². The van der Waals surface area contributed by atoms with E-state index in [-0.39, 0.29) is 0 Å². The number of fused-ring (bicyclic) bond motifs is 1. The summed E-state index contributed by atoms with van der Waals surface area (Å²) in [6.07, 6.45) is 2.77. The van der Waals surface area contributed by atoms with E-state index in [1.54, 1.807) is 0 Å². The van der Waals surface area contributed by atoms with E-state index in [4.69, 9.17) is 4.42 Å². The normalized spacial score (nSPS) is 14.8. The molecule has 0 unspecified atom stereocenters. The molecule has 4 heteroatoms. The Morgan fingerprint density at radius 2 is 2.31 bits per heavy atom. The van der Waals surface area contributed by atoms with Crippen LogP contribution in [0.5, 0.6) is 0 Å². The summed E-state index contributed by atoms with van der Waals surface area (Å²) >= 11 is 0. The van der Waals surface area contributed by atoms with Crippen LogP contribution in [0.15, 0.2) is 22.7 Å². The molecule has 0 aliphatic carbocycles. The van der Waals surface area contributed by atoms with Gasteiger partial charge in [0.1, 0.15) is 11.5 Å². The molecule has 1 aliphatic rings. The Balaban J connectivity index is 2.00. The van der Waals surface area contributed by atoms with Crippen LogP contribution in [0.25, 0.3) is 11.6 Å². The standard InChI is InChI=1S/C12H13N3O/c1-8-2-3-10(14-6-8)12-15-9-4-5-13-7-11(9)16-12/h2-3,6,13H,4-5,7H2,1H3. The van der Waals surface area contributed by atoms with Gasteiger partial charge in [-0.15, -0.1) is 0 Å². The highest BCUT2D eigenvalue weighted by molar-refractivity contribution is 5.48. The molecule has 0 bridgehead atoms. The van der Waals surface area contributed by atoms with Crippen molar-refractivity contribution in [3.05, 3.63) is 35.3 Å². The Hall–Kier alpha value is -1.68. The Labute approximate surface area is 93.7 Å². The average molecular weight is 215 g/mol. The third-order valence-corrected chi connectivity index (χ3v) is 2.73. The molecular formula is C12H13N3O. The molecule has 3 rings (SSSR count). The van der Waals surface area contributed by atoms with Crippen molar-refractivity contribution in [3.8, 4) is 11.6 Å². The van der Waals surface area contributed by atoms with E-state index in [9.17, 15) is 0 Å². The molecule has 0 radical (unpaired) electrons. The number of aryl methyl sites for hydroxylation is 1. The highest BCUT2D eigenvalue weighted by Crippen LogP contribution is 2.22. The maximum Gasteiger partial charge on any atom is 0.245 e. The monoisotopic (exact) mass is 215 g/mol. The minimum absolute atomic E-state index is 0.633. The summed E-state index contributed by atoms with van der Waals surface area (Å²) < 4.78 is 5.70. The fourth-order valence-electron chi connectivity index (χ4n) is 1.83. The van der Waals surface area contributed by atoms with E-state index in [2.05, 4.69) is 15.3 Å². The molecule has 0 saturated heterocycles. The van der Waals surface area contributed by atoms with Crippen molar-refractivity contribution in [3.63, 3.8) is 0 Å². The topological polar surface area (TPSA) is 51.0 Å². The SMILES string of the molecule is Cc1ccc(-c2nc3c(o2)CNCC3)nc1. The van der Waals surface area contributed by atoms with Crippen LogP contribution in [0.1, 0.15) is 17.0 Å². The largest absolute Gasteiger partial charge is 0.438 e. The molecule has 0 saturated carbocycles. The van der Waals surface area contributed by atoms with Crippen LogP contribution in [0.3, 0.4) is 0 Å². The van der Waals surface area contributed by atoms with E-state index < -0.39 is 0 Å². The number of pyridine rings is 1. The second-order valence-corrected chi connectivity index (χ2v) is 4.04. The highest BCUT2D eigenvalue weighted by atomic mass is 16.4. The van der Waals surface area contributed by atoms with Crippen molar-refractivity contribution < 1.29 is 4.42 Å². The van der Waals surface area contributed by atoms with Crippen molar-refractivity contribution in [1.82, 2.24) is 15.3 Å². The molecule has 0 fully saturated rings. The molecule has 0 spiro atoms. The summed E-state index contributed by atoms with van der Waals surface area (Å²) in [5.74, 6) is 1.58. The molecule has 3 heterocycles. The Morgan fingerprint density at radius 1 is 1.38 bits per heavy atom. The second kappa shape index (κ2) is 3.72. The van der Waals surface area contributed by atoms with Crippen molar-refractivity contribution in [2.45, 2.75) is 19.9 Å². The zero-order valence-electron chi connectivity index (χ0n) is 9.16. The lowest BCUT2D eigenvalue weighted by atomic mass is 10.2. The van der Waals surface area contributed by atoms with Gasteiger partial charge in [0.05, 0.1) is 12.2 Å². The van der Waals surface area contributed by atoms with Crippen LogP contribution in [-0.2, 0) is 13.0 Å². The quantitative estimate of drug-likeness (QED) is 0.786. The fraction of sp³-hybridized carbons (Fsp3) is 0.333. The fourth-order valence-corrected chi connectivity index (χ4v) is 1.83. The molecule has 1 N–H and O–H groups in total. The van der Waals surface area contributed by atoms with Crippen LogP contribution in [-0.4, -0.2) is 16.5 Å². The summed E-state index contributed by atoms with van der Waals surface area (Å²) in [7, 11) is 0. The first-order chi connectivity index (χ1) is 7.83. The minimum atomic E-state index is 0.633. The predicted octanol–water partition coefficient (Wildman–Crippen LogP) is 1.69. The van der Waals surface area contributed by atoms with E-state index in [1.165, 1.54) is 0 Å². The summed E-state index contributed by atoms with van der Waals surface area (Å²) in [5.41, 5.74) is 3.01. The lowest BCUT2D eigenvalue weighted by Crippen LogP contribution is -2.22. The number of aromatic nitrogens is 2. The van der Waals surface area contributed by atoms with Crippen molar-refractivity contribution in [2.24, 2.45) is 0 Å². The number of hydrogen-bond donors (Lipinski definition) is 1. The molecule has 2 aromatic rings. The second-order valence-electron chi connectivity index (χ2n) is 4.04. The first-order valence-electron chi connectivity index (χ1n) is 5.45. The van der Waals surface area contributed by atoms with E-state index in [1.807, 2.05) is 25.3 Å². The highest BCUT2D eigenvalue weighted by Gasteiger charge is 2.17. The van der Waals surface area contributed by atoms with E-state index in [0.717, 1.165) is 42.2 Å². The smallest absolute Gasteiger partial charge is 0.245 e. The maximum absolute atomic E-state index is 5.70. The molecule has 0 atom stereocenters. The number of rotatable bonds is 1. The first-order valence-corrected chi connectivity index (χ1v) is 5.45. The van der Waals surface area contributed by atoms with Gasteiger partial charge in [0.15, 0.2) is 0 Å². The molecule has 0 amide bonds. The first kappa shape index (κ1) is 9.54. The average Bonchev–Trinajstić information content (AvgIpc) is 2.73. The Morgan fingerprint density at radius 3 is 3.06 bits per heavy atom. The van der Waals surface area contributed by atoms with Crippen LogP contribution in [0.4, 0.5) is 0 Å². The molecule has 82 valence electrons. The zero-order valence-corrected chi connectivity index (χ0v) is 9.16. The van der Waals surface area contributed by atoms with Gasteiger partial charge in [-0.1, -0.05) is 6.07 Å². The van der Waals surface area contributed by atoms with Crippen LogP contribution in [0, 0.1) is 6.92 Å². The Bertz CT molecular complexity index is 478. The van der Waals surface area contributed by atoms with Gasteiger partial charge >= 0.3 is 0 Å². The summed E-state index contributed by atoms with van der Waals surface area (Å²) in [6, 6.07) is 3.96. The van der Waals surface area contributed by atoms with Gasteiger partial charge in [-0.05, 0) is 18.6 Å². The van der Waals surface area contributed by atoms with Gasteiger partial charge in [0.25, 0.3) is 0 Å². The van der Waals surface area contributed by atoms with Gasteiger partial charge in [-0.25, -0.2) is 4.98 Å². The third-order valence-electron chi connectivity index (χ3n) is 2.73. The third kappa shape index (κ3) is 1.61. The molecule has 0 aromatic carbocycles. The van der Waals surface area contributed by atoms with Gasteiger partial charge in [0, 0.05) is 19.2 Å². The zero-order chi connectivity index (χ0) is 11.0. The number of nitrogens with zero attached hydrogens (tertiary/aromatic N) is 2. The van der Waals surface area contributed by atoms with E-state index >= 15 is 0 Å². The summed E-state index contributed by atoms with van der Waals surface area (Å²) in [5, 5.41) is 3.26. The maximum atomic E-state index is 5.70. The van der Waals surface area contributed by atoms with Crippen LogP contribution < -0.4 is 5.32 Å². The Kier molecular flexibility index (Phi) is 2.22. The summed E-state index contributed by atoms with van der Waals surface area (Å²) in [4.78, 5) is 8.80. The van der Waals surface area contributed by atoms with Crippen molar-refractivity contribution >= 4 is 0 Å². The molecule has 1 aliphatic heterocycles.